The van der Waals surface area contributed by atoms with E-state index in [1.54, 1.807) is 12.3 Å². The predicted molar refractivity (Wildman–Crippen MR) is 106 cm³/mol. The van der Waals surface area contributed by atoms with E-state index in [1.165, 1.54) is 12.1 Å². The van der Waals surface area contributed by atoms with Crippen LogP contribution in [0.1, 0.15) is 33.8 Å². The van der Waals surface area contributed by atoms with Gasteiger partial charge in [0.1, 0.15) is 17.2 Å². The van der Waals surface area contributed by atoms with E-state index in [-0.39, 0.29) is 12.2 Å². The molecule has 4 rings (SSSR count). The van der Waals surface area contributed by atoms with Crippen molar-refractivity contribution < 1.29 is 18.8 Å². The number of carboxylic acid groups (broad SMARTS) is 1. The average molecular weight is 393 g/mol. The van der Waals surface area contributed by atoms with Crippen LogP contribution in [0.15, 0.2) is 41.1 Å². The number of fused-ring (bicyclic) bond motifs is 1. The lowest BCUT2D eigenvalue weighted by molar-refractivity contribution is -0.136. The Hall–Kier alpha value is -3.48. The number of rotatable bonds is 5. The van der Waals surface area contributed by atoms with Gasteiger partial charge in [-0.2, -0.15) is 0 Å². The van der Waals surface area contributed by atoms with Gasteiger partial charge in [0.15, 0.2) is 0 Å². The number of aliphatic carboxylic acids is 1. The normalized spacial score (nSPS) is 11.3. The van der Waals surface area contributed by atoms with Crippen LogP contribution in [0.4, 0.5) is 4.39 Å². The van der Waals surface area contributed by atoms with Crippen LogP contribution in [0.5, 0.6) is 0 Å². The van der Waals surface area contributed by atoms with E-state index in [0.29, 0.717) is 23.4 Å². The molecule has 0 bridgehead atoms. The number of carboxylic acids is 1. The molecule has 3 aromatic heterocycles. The van der Waals surface area contributed by atoms with E-state index < -0.39 is 5.97 Å². The smallest absolute Gasteiger partial charge is 0.307 e. The zero-order valence-corrected chi connectivity index (χ0v) is 16.4. The lowest BCUT2D eigenvalue weighted by Crippen LogP contribution is -2.03. The molecule has 0 saturated carbocycles. The monoisotopic (exact) mass is 393 g/mol. The van der Waals surface area contributed by atoms with Crippen LogP contribution in [0.25, 0.3) is 16.7 Å². The first-order chi connectivity index (χ1) is 13.8. The largest absolute Gasteiger partial charge is 0.481 e. The fourth-order valence-electron chi connectivity index (χ4n) is 3.63. The molecule has 4 aromatic rings. The molecule has 0 fully saturated rings. The Kier molecular flexibility index (Phi) is 4.66. The first-order valence-corrected chi connectivity index (χ1v) is 9.23. The molecule has 0 aliphatic heterocycles. The third kappa shape index (κ3) is 3.51. The maximum absolute atomic E-state index is 14.1. The van der Waals surface area contributed by atoms with Crippen molar-refractivity contribution in [1.29, 1.82) is 0 Å². The molecular formula is C22H20FN3O3. The quantitative estimate of drug-likeness (QED) is 0.547. The number of aryl methyl sites for hydroxylation is 3. The number of aromatic nitrogens is 3. The number of hydrogen-bond donors (Lipinski definition) is 1. The Bertz CT molecular complexity index is 1220. The Balaban J connectivity index is 1.92. The first kappa shape index (κ1) is 18.9. The zero-order valence-electron chi connectivity index (χ0n) is 16.4. The molecule has 0 unspecified atom stereocenters. The van der Waals surface area contributed by atoms with Crippen LogP contribution < -0.4 is 0 Å². The molecule has 29 heavy (non-hydrogen) atoms. The maximum atomic E-state index is 14.1. The highest BCUT2D eigenvalue weighted by Gasteiger charge is 2.18. The highest BCUT2D eigenvalue weighted by molar-refractivity contribution is 5.86. The molecule has 3 heterocycles. The highest BCUT2D eigenvalue weighted by Crippen LogP contribution is 2.29. The summed E-state index contributed by atoms with van der Waals surface area (Å²) < 4.78 is 21.2. The molecule has 0 radical (unpaired) electrons. The fraction of sp³-hybridized carbons (Fsp3) is 0.227. The molecule has 6 nitrogen and oxygen atoms in total. The standard InChI is InChI=1S/C22H20FN3O3/c1-12-4-6-18-16(10-21(27)28)11-26(22(18)24-12)20-7-5-17(23)8-15(20)9-19-13(2)25-29-14(19)3/h4-8,11H,9-10H2,1-3H3,(H,27,28). The van der Waals surface area contributed by atoms with Gasteiger partial charge >= 0.3 is 5.97 Å². The lowest BCUT2D eigenvalue weighted by atomic mass is 10.0. The second kappa shape index (κ2) is 7.16. The Morgan fingerprint density at radius 3 is 2.66 bits per heavy atom. The highest BCUT2D eigenvalue weighted by atomic mass is 19.1. The Morgan fingerprint density at radius 1 is 1.17 bits per heavy atom. The van der Waals surface area contributed by atoms with Crippen LogP contribution in [0.3, 0.4) is 0 Å². The summed E-state index contributed by atoms with van der Waals surface area (Å²) in [6.07, 6.45) is 2.10. The van der Waals surface area contributed by atoms with Gasteiger partial charge in [-0.05, 0) is 62.2 Å². The van der Waals surface area contributed by atoms with Gasteiger partial charge in [-0.15, -0.1) is 0 Å². The minimum atomic E-state index is -0.917. The topological polar surface area (TPSA) is 81.1 Å². The fourth-order valence-corrected chi connectivity index (χ4v) is 3.63. The molecule has 7 heteroatoms. The van der Waals surface area contributed by atoms with E-state index in [9.17, 15) is 14.3 Å². The van der Waals surface area contributed by atoms with E-state index in [4.69, 9.17) is 4.52 Å². The third-order valence-corrected chi connectivity index (χ3v) is 5.06. The zero-order chi connectivity index (χ0) is 20.7. The third-order valence-electron chi connectivity index (χ3n) is 5.06. The SMILES string of the molecule is Cc1ccc2c(CC(=O)O)cn(-c3ccc(F)cc3Cc3c(C)noc3C)c2n1. The van der Waals surface area contributed by atoms with E-state index in [1.807, 2.05) is 37.5 Å². The van der Waals surface area contributed by atoms with Crippen molar-refractivity contribution in [3.8, 4) is 5.69 Å². The van der Waals surface area contributed by atoms with Crippen molar-refractivity contribution in [3.05, 3.63) is 76.2 Å². The second-order valence-electron chi connectivity index (χ2n) is 7.17. The number of carbonyl (C=O) groups is 1. The summed E-state index contributed by atoms with van der Waals surface area (Å²) in [4.78, 5) is 15.9. The van der Waals surface area contributed by atoms with Gasteiger partial charge in [-0.3, -0.25) is 4.79 Å². The Morgan fingerprint density at radius 2 is 1.97 bits per heavy atom. The van der Waals surface area contributed by atoms with Gasteiger partial charge in [-0.25, -0.2) is 9.37 Å². The average Bonchev–Trinajstić information content (AvgIpc) is 3.16. The molecule has 0 saturated heterocycles. The van der Waals surface area contributed by atoms with Crippen LogP contribution >= 0.6 is 0 Å². The summed E-state index contributed by atoms with van der Waals surface area (Å²) >= 11 is 0. The first-order valence-electron chi connectivity index (χ1n) is 9.23. The van der Waals surface area contributed by atoms with E-state index >= 15 is 0 Å². The number of halogens is 1. The summed E-state index contributed by atoms with van der Waals surface area (Å²) in [5.74, 6) is -0.572. The molecule has 0 amide bonds. The molecule has 0 aliphatic rings. The van der Waals surface area contributed by atoms with Crippen molar-refractivity contribution >= 4 is 17.0 Å². The minimum Gasteiger partial charge on any atom is -0.481 e. The van der Waals surface area contributed by atoms with Gasteiger partial charge in [0.2, 0.25) is 0 Å². The summed E-state index contributed by atoms with van der Waals surface area (Å²) in [6, 6.07) is 8.30. The Labute approximate surface area is 166 Å². The van der Waals surface area contributed by atoms with Crippen molar-refractivity contribution in [3.63, 3.8) is 0 Å². The van der Waals surface area contributed by atoms with Crippen molar-refractivity contribution in [2.75, 3.05) is 0 Å². The van der Waals surface area contributed by atoms with Crippen LogP contribution in [-0.4, -0.2) is 25.8 Å². The second-order valence-corrected chi connectivity index (χ2v) is 7.17. The molecular weight excluding hydrogens is 373 g/mol. The van der Waals surface area contributed by atoms with Gasteiger partial charge in [-0.1, -0.05) is 5.16 Å². The molecule has 0 atom stereocenters. The maximum Gasteiger partial charge on any atom is 0.307 e. The number of hydrogen-bond acceptors (Lipinski definition) is 4. The van der Waals surface area contributed by atoms with E-state index in [2.05, 4.69) is 10.1 Å². The van der Waals surface area contributed by atoms with Gasteiger partial charge in [0.25, 0.3) is 0 Å². The van der Waals surface area contributed by atoms with Gasteiger partial charge in [0.05, 0.1) is 17.8 Å². The van der Waals surface area contributed by atoms with Crippen molar-refractivity contribution in [1.82, 2.24) is 14.7 Å². The molecule has 148 valence electrons. The van der Waals surface area contributed by atoms with Gasteiger partial charge in [0, 0.05) is 29.3 Å². The summed E-state index contributed by atoms with van der Waals surface area (Å²) in [7, 11) is 0. The van der Waals surface area contributed by atoms with Crippen LogP contribution in [0, 0.1) is 26.6 Å². The number of benzene rings is 1. The van der Waals surface area contributed by atoms with Crippen molar-refractivity contribution in [2.24, 2.45) is 0 Å². The van der Waals surface area contributed by atoms with E-state index in [0.717, 1.165) is 33.6 Å². The van der Waals surface area contributed by atoms with Crippen LogP contribution in [0.2, 0.25) is 0 Å². The predicted octanol–water partition coefficient (Wildman–Crippen LogP) is 4.30. The van der Waals surface area contributed by atoms with Crippen LogP contribution in [-0.2, 0) is 17.6 Å². The summed E-state index contributed by atoms with van der Waals surface area (Å²) in [6.45, 7) is 5.56. The number of pyridine rings is 1. The minimum absolute atomic E-state index is 0.116. The molecule has 1 aromatic carbocycles. The summed E-state index contributed by atoms with van der Waals surface area (Å²) in [5.41, 5.74) is 5.26. The van der Waals surface area contributed by atoms with Crippen molar-refractivity contribution in [2.45, 2.75) is 33.6 Å². The molecule has 0 spiro atoms. The lowest BCUT2D eigenvalue weighted by Gasteiger charge is -2.12. The number of nitrogens with zero attached hydrogens (tertiary/aromatic N) is 3. The summed E-state index contributed by atoms with van der Waals surface area (Å²) in [5, 5.41) is 14.0. The molecule has 1 N–H and O–H groups in total. The molecule has 0 aliphatic carbocycles. The van der Waals surface area contributed by atoms with Gasteiger partial charge < -0.3 is 14.2 Å².